The van der Waals surface area contributed by atoms with Gasteiger partial charge in [0.25, 0.3) is 5.91 Å². The van der Waals surface area contributed by atoms with Crippen LogP contribution in [-0.2, 0) is 20.7 Å². The number of piperidine rings is 1. The Bertz CT molecular complexity index is 1370. The van der Waals surface area contributed by atoms with Crippen molar-refractivity contribution in [1.82, 2.24) is 14.7 Å². The van der Waals surface area contributed by atoms with E-state index < -0.39 is 5.60 Å². The van der Waals surface area contributed by atoms with Gasteiger partial charge >= 0.3 is 6.09 Å². The summed E-state index contributed by atoms with van der Waals surface area (Å²) in [5, 5.41) is 0. The second-order valence-electron chi connectivity index (χ2n) is 14.5. The highest BCUT2D eigenvalue weighted by molar-refractivity contribution is 5.95. The van der Waals surface area contributed by atoms with Crippen LogP contribution in [0.4, 0.5) is 4.79 Å². The van der Waals surface area contributed by atoms with E-state index in [2.05, 4.69) is 12.1 Å². The van der Waals surface area contributed by atoms with E-state index in [0.29, 0.717) is 75.5 Å². The van der Waals surface area contributed by atoms with Crippen molar-refractivity contribution in [2.24, 2.45) is 0 Å². The third kappa shape index (κ3) is 11.1. The molecule has 49 heavy (non-hydrogen) atoms. The maximum Gasteiger partial charge on any atom is 0.410 e. The summed E-state index contributed by atoms with van der Waals surface area (Å²) >= 11 is 0. The smallest absolute Gasteiger partial charge is 0.410 e. The quantitative estimate of drug-likeness (QED) is 0.181. The molecule has 2 atom stereocenters. The van der Waals surface area contributed by atoms with Crippen LogP contribution in [0.25, 0.3) is 0 Å². The van der Waals surface area contributed by atoms with Crippen LogP contribution in [0, 0.1) is 0 Å². The van der Waals surface area contributed by atoms with Crippen molar-refractivity contribution in [2.75, 3.05) is 40.5 Å². The molecular formula is C39H57N3O7. The molecule has 10 heteroatoms. The molecule has 0 N–H and O–H groups in total. The Hall–Kier alpha value is -3.79. The molecule has 3 amide bonds. The first-order valence-electron chi connectivity index (χ1n) is 17.9. The third-order valence-electron chi connectivity index (χ3n) is 9.14. The van der Waals surface area contributed by atoms with Gasteiger partial charge in [0.05, 0.1) is 19.8 Å². The minimum Gasteiger partial charge on any atom is -0.493 e. The topological polar surface area (TPSA) is 97.9 Å². The van der Waals surface area contributed by atoms with Crippen molar-refractivity contribution in [1.29, 1.82) is 0 Å². The first-order chi connectivity index (χ1) is 23.4. The van der Waals surface area contributed by atoms with Crippen LogP contribution in [0.2, 0.25) is 0 Å². The molecule has 1 saturated heterocycles. The van der Waals surface area contributed by atoms with E-state index in [1.165, 1.54) is 0 Å². The van der Waals surface area contributed by atoms with E-state index >= 15 is 0 Å². The molecular weight excluding hydrogens is 622 g/mol. The van der Waals surface area contributed by atoms with E-state index in [9.17, 15) is 14.4 Å². The van der Waals surface area contributed by atoms with Crippen LogP contribution in [0.15, 0.2) is 48.5 Å². The van der Waals surface area contributed by atoms with Gasteiger partial charge in [-0.25, -0.2) is 4.79 Å². The first kappa shape index (κ1) is 38.0. The van der Waals surface area contributed by atoms with Crippen molar-refractivity contribution in [3.05, 3.63) is 59.7 Å². The van der Waals surface area contributed by atoms with Gasteiger partial charge in [-0.1, -0.05) is 30.3 Å². The minimum absolute atomic E-state index is 0.105. The standard InChI is InChI=1S/C39H57N3O7/c1-28(2)42(37(44)30-15-20-34(47-7)35(26-30)48-25-11-24-46-6)33-19-18-32(41(27-33)38(45)49-39(3,4)5)22-23-40(31-16-17-31)36(43)21-14-29-12-9-8-10-13-29/h8-10,12-13,15,20,26,28,31-33H,11,14,16-19,21-25,27H2,1-7H3/t32-,33?/m0/s1. The lowest BCUT2D eigenvalue weighted by Gasteiger charge is -2.45. The number of likely N-dealkylation sites (tertiary alicyclic amines) is 1. The van der Waals surface area contributed by atoms with Crippen molar-refractivity contribution in [2.45, 2.75) is 116 Å². The van der Waals surface area contributed by atoms with Gasteiger partial charge in [0.1, 0.15) is 5.60 Å². The second-order valence-corrected chi connectivity index (χ2v) is 14.5. The molecule has 2 aromatic rings. The summed E-state index contributed by atoms with van der Waals surface area (Å²) in [4.78, 5) is 47.0. The highest BCUT2D eigenvalue weighted by Crippen LogP contribution is 2.33. The third-order valence-corrected chi connectivity index (χ3v) is 9.14. The van der Waals surface area contributed by atoms with Crippen LogP contribution in [0.1, 0.15) is 95.5 Å². The molecule has 1 heterocycles. The second kappa shape index (κ2) is 17.7. The number of hydrogen-bond acceptors (Lipinski definition) is 7. The number of hydrogen-bond donors (Lipinski definition) is 0. The largest absolute Gasteiger partial charge is 0.493 e. The molecule has 4 rings (SSSR count). The monoisotopic (exact) mass is 679 g/mol. The summed E-state index contributed by atoms with van der Waals surface area (Å²) in [5.41, 5.74) is 0.986. The van der Waals surface area contributed by atoms with Gasteiger partial charge in [-0.2, -0.15) is 0 Å². The fourth-order valence-corrected chi connectivity index (χ4v) is 6.58. The van der Waals surface area contributed by atoms with E-state index in [0.717, 1.165) is 24.8 Å². The van der Waals surface area contributed by atoms with Crippen LogP contribution in [-0.4, -0.2) is 103 Å². The van der Waals surface area contributed by atoms with Gasteiger partial charge in [0, 0.05) is 63.3 Å². The van der Waals surface area contributed by atoms with E-state index in [-0.39, 0.29) is 42.1 Å². The Labute approximate surface area is 293 Å². The zero-order valence-corrected chi connectivity index (χ0v) is 30.6. The summed E-state index contributed by atoms with van der Waals surface area (Å²) in [7, 11) is 3.23. The number of amides is 3. The Morgan fingerprint density at radius 3 is 2.27 bits per heavy atom. The van der Waals surface area contributed by atoms with Gasteiger partial charge in [-0.05, 0) is 96.9 Å². The summed E-state index contributed by atoms with van der Waals surface area (Å²) in [6.45, 7) is 11.6. The molecule has 1 saturated carbocycles. The number of aryl methyl sites for hydroxylation is 1. The van der Waals surface area contributed by atoms with Gasteiger partial charge in [0.15, 0.2) is 11.5 Å². The summed E-state index contributed by atoms with van der Waals surface area (Å²) in [6, 6.07) is 15.2. The molecule has 0 radical (unpaired) electrons. The summed E-state index contributed by atoms with van der Waals surface area (Å²) in [5.74, 6) is 1.10. The average molecular weight is 680 g/mol. The van der Waals surface area contributed by atoms with Crippen molar-refractivity contribution in [3.63, 3.8) is 0 Å². The normalized spacial score (nSPS) is 17.8. The van der Waals surface area contributed by atoms with Crippen molar-refractivity contribution >= 4 is 17.9 Å². The maximum atomic E-state index is 14.2. The number of rotatable bonds is 16. The Kier molecular flexibility index (Phi) is 13.8. The van der Waals surface area contributed by atoms with E-state index in [1.807, 2.05) is 62.6 Å². The van der Waals surface area contributed by atoms with Gasteiger partial charge in [0.2, 0.25) is 5.91 Å². The number of benzene rings is 2. The molecule has 10 nitrogen and oxygen atoms in total. The molecule has 1 unspecified atom stereocenters. The van der Waals surface area contributed by atoms with Crippen LogP contribution in [0.5, 0.6) is 11.5 Å². The molecule has 2 aromatic carbocycles. The molecule has 2 fully saturated rings. The van der Waals surface area contributed by atoms with E-state index in [1.54, 1.807) is 37.3 Å². The Balaban J connectivity index is 1.48. The fourth-order valence-electron chi connectivity index (χ4n) is 6.58. The highest BCUT2D eigenvalue weighted by atomic mass is 16.6. The zero-order valence-electron chi connectivity index (χ0n) is 30.6. The lowest BCUT2D eigenvalue weighted by atomic mass is 9.93. The van der Waals surface area contributed by atoms with Gasteiger partial charge in [-0.3, -0.25) is 9.59 Å². The molecule has 2 aliphatic rings. The first-order valence-corrected chi connectivity index (χ1v) is 17.9. The van der Waals surface area contributed by atoms with Gasteiger partial charge < -0.3 is 33.6 Å². The van der Waals surface area contributed by atoms with Crippen LogP contribution in [0.3, 0.4) is 0 Å². The predicted octanol–water partition coefficient (Wildman–Crippen LogP) is 6.74. The van der Waals surface area contributed by atoms with Crippen molar-refractivity contribution < 1.29 is 33.3 Å². The van der Waals surface area contributed by atoms with Crippen LogP contribution >= 0.6 is 0 Å². The molecule has 0 spiro atoms. The van der Waals surface area contributed by atoms with Gasteiger partial charge in [-0.15, -0.1) is 0 Å². The average Bonchev–Trinajstić information content (AvgIpc) is 3.91. The minimum atomic E-state index is -0.668. The van der Waals surface area contributed by atoms with Crippen molar-refractivity contribution in [3.8, 4) is 11.5 Å². The lowest BCUT2D eigenvalue weighted by Crippen LogP contribution is -2.58. The number of nitrogens with zero attached hydrogens (tertiary/aromatic N) is 3. The predicted molar refractivity (Wildman–Crippen MR) is 190 cm³/mol. The SMILES string of the molecule is COCCCOc1cc(C(=O)N(C(C)C)C2CC[C@@H](CCN(C(=O)CCc3ccccc3)C3CC3)N(C(=O)OC(C)(C)C)C2)ccc1OC. The zero-order chi connectivity index (χ0) is 35.6. The van der Waals surface area contributed by atoms with Crippen LogP contribution < -0.4 is 9.47 Å². The Morgan fingerprint density at radius 1 is 0.918 bits per heavy atom. The summed E-state index contributed by atoms with van der Waals surface area (Å²) in [6.07, 6.45) is 5.66. The number of methoxy groups -OCH3 is 2. The maximum absolute atomic E-state index is 14.2. The number of carbonyl (C=O) groups excluding carboxylic acids is 3. The molecule has 1 aliphatic heterocycles. The highest BCUT2D eigenvalue weighted by Gasteiger charge is 2.40. The number of ether oxygens (including phenoxy) is 4. The molecule has 270 valence electrons. The lowest BCUT2D eigenvalue weighted by molar-refractivity contribution is -0.132. The molecule has 0 bridgehead atoms. The number of carbonyl (C=O) groups is 3. The Morgan fingerprint density at radius 2 is 1.63 bits per heavy atom. The fraction of sp³-hybridized carbons (Fsp3) is 0.615. The molecule has 1 aliphatic carbocycles. The van der Waals surface area contributed by atoms with E-state index in [4.69, 9.17) is 18.9 Å². The molecule has 0 aromatic heterocycles. The summed E-state index contributed by atoms with van der Waals surface area (Å²) < 4.78 is 22.5.